The van der Waals surface area contributed by atoms with Gasteiger partial charge in [-0.3, -0.25) is 4.55 Å². The second-order valence-corrected chi connectivity index (χ2v) is 11.0. The second-order valence-electron chi connectivity index (χ2n) is 9.96. The molecule has 0 saturated carbocycles. The number of rotatable bonds is 8. The second kappa shape index (κ2) is 10.8. The van der Waals surface area contributed by atoms with Gasteiger partial charge in [-0.2, -0.15) is 8.42 Å². The first-order chi connectivity index (χ1) is 21.5. The zero-order valence-corrected chi connectivity index (χ0v) is 25.3. The zero-order valence-electron chi connectivity index (χ0n) is 24.5. The lowest BCUT2D eigenvalue weighted by Crippen LogP contribution is -2.21. The average Bonchev–Trinajstić information content (AvgIpc) is 3.37. The standard InChI is InChI=1S/C30H27NO13S/c1-38-18-7-6-13(8-17(18)32)24-25-16-10-20(39-2)21(44-45(35,36)37)12-19(16)43-30(34)27(25)31-23(33)11-15-14(26(24)31)9-22(40-3)29(42-5)28(15)41-4/h6-10,12,23,32-33H,11H2,1-5H3,(H,35,36,37). The van der Waals surface area contributed by atoms with Crippen molar-refractivity contribution in [3.05, 3.63) is 52.4 Å². The minimum absolute atomic E-state index is 0.00484. The van der Waals surface area contributed by atoms with Gasteiger partial charge in [0, 0.05) is 39.9 Å². The Kier molecular flexibility index (Phi) is 7.18. The van der Waals surface area contributed by atoms with Crippen LogP contribution < -0.4 is 33.5 Å². The number of hydrogen-bond acceptors (Lipinski definition) is 12. The molecule has 15 heteroatoms. The third-order valence-electron chi connectivity index (χ3n) is 7.67. The van der Waals surface area contributed by atoms with Gasteiger partial charge in [-0.1, -0.05) is 6.07 Å². The number of aromatic hydroxyl groups is 1. The molecule has 0 fully saturated rings. The van der Waals surface area contributed by atoms with E-state index in [0.29, 0.717) is 45.2 Å². The summed E-state index contributed by atoms with van der Waals surface area (Å²) in [5.74, 6) is 0.389. The first-order valence-corrected chi connectivity index (χ1v) is 14.6. The third kappa shape index (κ3) is 4.63. The molecule has 14 nitrogen and oxygen atoms in total. The smallest absolute Gasteiger partial charge is 0.446 e. The number of phenolic OH excluding ortho intramolecular Hbond substituents is 1. The summed E-state index contributed by atoms with van der Waals surface area (Å²) in [6, 6.07) is 8.82. The van der Waals surface area contributed by atoms with Gasteiger partial charge in [0.1, 0.15) is 17.3 Å². The first kappa shape index (κ1) is 29.9. The summed E-state index contributed by atoms with van der Waals surface area (Å²) >= 11 is 0. The molecular weight excluding hydrogens is 614 g/mol. The van der Waals surface area contributed by atoms with Crippen LogP contribution in [0, 0.1) is 0 Å². The Labute approximate surface area is 255 Å². The normalized spacial score (nSPS) is 14.2. The van der Waals surface area contributed by atoms with Crippen LogP contribution in [-0.2, 0) is 16.8 Å². The summed E-state index contributed by atoms with van der Waals surface area (Å²) < 4.78 is 71.6. The number of ether oxygens (including phenoxy) is 5. The molecule has 5 aromatic rings. The first-order valence-electron chi connectivity index (χ1n) is 13.2. The molecule has 0 bridgehead atoms. The molecule has 3 N–H and O–H groups in total. The highest BCUT2D eigenvalue weighted by Crippen LogP contribution is 2.54. The van der Waals surface area contributed by atoms with Crippen molar-refractivity contribution in [2.45, 2.75) is 12.6 Å². The van der Waals surface area contributed by atoms with Gasteiger partial charge in [0.2, 0.25) is 5.75 Å². The highest BCUT2D eigenvalue weighted by Gasteiger charge is 2.36. The van der Waals surface area contributed by atoms with E-state index in [1.54, 1.807) is 18.2 Å². The van der Waals surface area contributed by atoms with Crippen LogP contribution in [0.25, 0.3) is 44.3 Å². The number of nitrogens with zero attached hydrogens (tertiary/aromatic N) is 1. The van der Waals surface area contributed by atoms with E-state index in [0.717, 1.165) is 6.07 Å². The average molecular weight is 642 g/mol. The Bertz CT molecular complexity index is 2180. The highest BCUT2D eigenvalue weighted by atomic mass is 32.3. The van der Waals surface area contributed by atoms with Crippen molar-refractivity contribution in [3.8, 4) is 62.6 Å². The molecule has 3 heterocycles. The van der Waals surface area contributed by atoms with Crippen molar-refractivity contribution in [1.82, 2.24) is 4.57 Å². The number of aliphatic hydroxyl groups is 1. The molecular formula is C30H27NO13S. The molecule has 3 aromatic carbocycles. The van der Waals surface area contributed by atoms with Gasteiger partial charge in [0.05, 0.1) is 41.2 Å². The Morgan fingerprint density at radius 2 is 1.56 bits per heavy atom. The monoisotopic (exact) mass is 641 g/mol. The van der Waals surface area contributed by atoms with Crippen molar-refractivity contribution >= 4 is 32.3 Å². The van der Waals surface area contributed by atoms with Crippen LogP contribution in [0.1, 0.15) is 11.8 Å². The summed E-state index contributed by atoms with van der Waals surface area (Å²) in [5, 5.41) is 23.0. The van der Waals surface area contributed by atoms with Gasteiger partial charge < -0.3 is 47.1 Å². The molecule has 0 saturated heterocycles. The van der Waals surface area contributed by atoms with E-state index in [-0.39, 0.29) is 45.5 Å². The van der Waals surface area contributed by atoms with Gasteiger partial charge in [-0.25, -0.2) is 4.79 Å². The maximum absolute atomic E-state index is 13.8. The van der Waals surface area contributed by atoms with Crippen molar-refractivity contribution < 1.29 is 55.5 Å². The fraction of sp³-hybridized carbons (Fsp3) is 0.233. The molecule has 1 aliphatic heterocycles. The van der Waals surface area contributed by atoms with Crippen molar-refractivity contribution in [3.63, 3.8) is 0 Å². The number of aliphatic hydroxyl groups excluding tert-OH is 1. The van der Waals surface area contributed by atoms with Crippen LogP contribution in [0.15, 0.2) is 45.6 Å². The maximum atomic E-state index is 13.8. The lowest BCUT2D eigenvalue weighted by molar-refractivity contribution is 0.106. The highest BCUT2D eigenvalue weighted by molar-refractivity contribution is 7.81. The van der Waals surface area contributed by atoms with E-state index in [1.807, 2.05) is 0 Å². The topological polar surface area (TPSA) is 185 Å². The summed E-state index contributed by atoms with van der Waals surface area (Å²) in [6.45, 7) is 0. The summed E-state index contributed by atoms with van der Waals surface area (Å²) in [5.41, 5.74) is 1.24. The molecule has 6 rings (SSSR count). The molecule has 0 radical (unpaired) electrons. The summed E-state index contributed by atoms with van der Waals surface area (Å²) in [7, 11) is 2.07. The minimum atomic E-state index is -4.97. The number of methoxy groups -OCH3 is 5. The van der Waals surface area contributed by atoms with Crippen LogP contribution in [0.5, 0.6) is 40.2 Å². The molecule has 45 heavy (non-hydrogen) atoms. The number of aromatic nitrogens is 1. The van der Waals surface area contributed by atoms with Crippen LogP contribution >= 0.6 is 0 Å². The molecule has 2 aromatic heterocycles. The van der Waals surface area contributed by atoms with Gasteiger partial charge >= 0.3 is 16.0 Å². The predicted molar refractivity (Wildman–Crippen MR) is 160 cm³/mol. The zero-order chi connectivity index (χ0) is 32.4. The quantitative estimate of drug-likeness (QED) is 0.163. The van der Waals surface area contributed by atoms with E-state index in [9.17, 15) is 28.0 Å². The Morgan fingerprint density at radius 3 is 2.16 bits per heavy atom. The van der Waals surface area contributed by atoms with E-state index in [2.05, 4.69) is 4.18 Å². The minimum Gasteiger partial charge on any atom is -0.504 e. The number of fused-ring (bicyclic) bond motifs is 7. The Balaban J connectivity index is 1.85. The van der Waals surface area contributed by atoms with Gasteiger partial charge in [-0.15, -0.1) is 0 Å². The molecule has 0 spiro atoms. The molecule has 1 aliphatic rings. The van der Waals surface area contributed by atoms with Gasteiger partial charge in [-0.05, 0) is 29.8 Å². The summed E-state index contributed by atoms with van der Waals surface area (Å²) in [4.78, 5) is 13.8. The Morgan fingerprint density at radius 1 is 0.867 bits per heavy atom. The summed E-state index contributed by atoms with van der Waals surface area (Å²) in [6.07, 6.45) is -1.29. The lowest BCUT2D eigenvalue weighted by Gasteiger charge is -2.29. The lowest BCUT2D eigenvalue weighted by atomic mass is 9.90. The van der Waals surface area contributed by atoms with E-state index in [1.165, 1.54) is 52.2 Å². The molecule has 0 aliphatic carbocycles. The molecule has 236 valence electrons. The fourth-order valence-corrected chi connectivity index (χ4v) is 6.31. The molecule has 0 amide bonds. The van der Waals surface area contributed by atoms with Crippen LogP contribution in [-0.4, -0.2) is 63.3 Å². The van der Waals surface area contributed by atoms with E-state index in [4.69, 9.17) is 28.1 Å². The predicted octanol–water partition coefficient (Wildman–Crippen LogP) is 4.06. The number of benzene rings is 3. The fourth-order valence-electron chi connectivity index (χ4n) is 5.95. The largest absolute Gasteiger partial charge is 0.504 e. The molecule has 1 atom stereocenters. The van der Waals surface area contributed by atoms with Crippen molar-refractivity contribution in [1.29, 1.82) is 0 Å². The van der Waals surface area contributed by atoms with E-state index >= 15 is 0 Å². The van der Waals surface area contributed by atoms with Crippen molar-refractivity contribution in [2.75, 3.05) is 35.5 Å². The molecule has 1 unspecified atom stereocenters. The third-order valence-corrected chi connectivity index (χ3v) is 8.06. The van der Waals surface area contributed by atoms with Crippen LogP contribution in [0.3, 0.4) is 0 Å². The number of phenols is 1. The van der Waals surface area contributed by atoms with Crippen LogP contribution in [0.4, 0.5) is 0 Å². The van der Waals surface area contributed by atoms with Gasteiger partial charge in [0.15, 0.2) is 34.5 Å². The van der Waals surface area contributed by atoms with Gasteiger partial charge in [0.25, 0.3) is 0 Å². The van der Waals surface area contributed by atoms with Crippen molar-refractivity contribution in [2.24, 2.45) is 0 Å². The number of hydrogen-bond donors (Lipinski definition) is 3. The van der Waals surface area contributed by atoms with Crippen LogP contribution in [0.2, 0.25) is 0 Å². The SMILES string of the molecule is COc1ccc(-c2c3n(c4c(=O)oc5cc(OS(=O)(=O)O)c(OC)cc5c24)C(O)Cc2c-3cc(OC)c(OC)c2OC)cc1O. The maximum Gasteiger partial charge on any atom is 0.446 e. The Hall–Kier alpha value is -5.12. The van der Waals surface area contributed by atoms with E-state index < -0.39 is 28.0 Å².